The second-order valence-electron chi connectivity index (χ2n) is 6.06. The molecule has 0 spiro atoms. The van der Waals surface area contributed by atoms with Crippen LogP contribution in [-0.4, -0.2) is 22.8 Å². The maximum Gasteiger partial charge on any atom is 0.185 e. The van der Waals surface area contributed by atoms with Crippen LogP contribution in [-0.2, 0) is 9.59 Å². The third-order valence-corrected chi connectivity index (χ3v) is 4.09. The minimum atomic E-state index is -0.434. The normalized spacial score (nSPS) is 17.4. The van der Waals surface area contributed by atoms with Crippen LogP contribution >= 0.6 is 0 Å². The number of rotatable bonds is 6. The Labute approximate surface area is 127 Å². The van der Waals surface area contributed by atoms with Crippen LogP contribution in [0, 0.1) is 0 Å². The minimum Gasteiger partial charge on any atom is -0.393 e. The van der Waals surface area contributed by atoms with Crippen molar-refractivity contribution < 1.29 is 14.7 Å². The van der Waals surface area contributed by atoms with Crippen molar-refractivity contribution in [2.45, 2.75) is 66.4 Å². The van der Waals surface area contributed by atoms with Gasteiger partial charge in [0, 0.05) is 22.3 Å². The first-order valence-electron chi connectivity index (χ1n) is 7.53. The van der Waals surface area contributed by atoms with Crippen LogP contribution in [0.2, 0.25) is 0 Å². The molecule has 0 aliphatic heterocycles. The van der Waals surface area contributed by atoms with E-state index < -0.39 is 6.10 Å². The number of ketones is 2. The first-order chi connectivity index (χ1) is 9.75. The molecule has 1 aliphatic carbocycles. The molecule has 0 heterocycles. The molecule has 0 bridgehead atoms. The summed E-state index contributed by atoms with van der Waals surface area (Å²) in [6.07, 6.45) is 4.18. The molecule has 0 aromatic carbocycles. The third kappa shape index (κ3) is 4.50. The summed E-state index contributed by atoms with van der Waals surface area (Å²) in [6.45, 7) is 9.17. The maximum atomic E-state index is 12.2. The number of allylic oxidation sites excluding steroid dienone is 6. The fraction of sp³-hybridized carbons (Fsp3) is 0.556. The average molecular weight is 290 g/mol. The lowest BCUT2D eigenvalue weighted by Crippen LogP contribution is -2.21. The molecule has 1 atom stereocenters. The number of hydrogen-bond donors (Lipinski definition) is 1. The predicted molar refractivity (Wildman–Crippen MR) is 85.0 cm³/mol. The van der Waals surface area contributed by atoms with Crippen molar-refractivity contribution in [1.82, 2.24) is 0 Å². The Morgan fingerprint density at radius 2 is 1.57 bits per heavy atom. The molecule has 1 N–H and O–H groups in total. The second kappa shape index (κ2) is 7.51. The molecule has 0 aromatic heterocycles. The summed E-state index contributed by atoms with van der Waals surface area (Å²) in [5.41, 5.74) is 3.44. The number of aliphatic hydroxyl groups excluding tert-OH is 1. The topological polar surface area (TPSA) is 54.4 Å². The molecule has 0 saturated heterocycles. The van der Waals surface area contributed by atoms with Crippen LogP contribution in [0.3, 0.4) is 0 Å². The van der Waals surface area contributed by atoms with E-state index in [1.54, 1.807) is 20.8 Å². The van der Waals surface area contributed by atoms with E-state index in [0.717, 1.165) is 6.42 Å². The second-order valence-corrected chi connectivity index (χ2v) is 6.06. The molecule has 116 valence electrons. The van der Waals surface area contributed by atoms with Crippen molar-refractivity contribution in [2.75, 3.05) is 0 Å². The molecule has 1 aliphatic rings. The molecule has 0 radical (unpaired) electrons. The zero-order valence-electron chi connectivity index (χ0n) is 13.7. The average Bonchev–Trinajstić information content (AvgIpc) is 2.42. The molecular formula is C18H26O3. The van der Waals surface area contributed by atoms with Gasteiger partial charge in [0.15, 0.2) is 11.6 Å². The summed E-state index contributed by atoms with van der Waals surface area (Å²) in [6, 6.07) is 0. The molecule has 0 aromatic rings. The quantitative estimate of drug-likeness (QED) is 0.599. The van der Waals surface area contributed by atoms with E-state index in [2.05, 4.69) is 6.08 Å². The van der Waals surface area contributed by atoms with Crippen molar-refractivity contribution in [1.29, 1.82) is 0 Å². The Morgan fingerprint density at radius 1 is 1.00 bits per heavy atom. The van der Waals surface area contributed by atoms with Crippen LogP contribution in [0.1, 0.15) is 60.3 Å². The molecule has 0 fully saturated rings. The highest BCUT2D eigenvalue weighted by Gasteiger charge is 2.27. The van der Waals surface area contributed by atoms with Gasteiger partial charge in [-0.05, 0) is 60.3 Å². The van der Waals surface area contributed by atoms with Gasteiger partial charge in [-0.3, -0.25) is 9.59 Å². The summed E-state index contributed by atoms with van der Waals surface area (Å²) in [7, 11) is 0. The minimum absolute atomic E-state index is 0.0406. The third-order valence-electron chi connectivity index (χ3n) is 4.09. The standard InChI is InChI=1S/C18H26O3/c1-11(2)7-6-8-15(19)9-10-16-14(5)17(20)12(3)13(4)18(16)21/h7,15,19H,6,8-10H2,1-5H3. The van der Waals surface area contributed by atoms with Gasteiger partial charge >= 0.3 is 0 Å². The maximum absolute atomic E-state index is 12.2. The number of carbonyl (C=O) groups is 2. The fourth-order valence-electron chi connectivity index (χ4n) is 2.48. The zero-order valence-corrected chi connectivity index (χ0v) is 13.7. The van der Waals surface area contributed by atoms with E-state index in [-0.39, 0.29) is 11.6 Å². The van der Waals surface area contributed by atoms with E-state index in [1.165, 1.54) is 5.57 Å². The lowest BCUT2D eigenvalue weighted by atomic mass is 9.83. The van der Waals surface area contributed by atoms with E-state index in [9.17, 15) is 14.7 Å². The van der Waals surface area contributed by atoms with Gasteiger partial charge in [-0.1, -0.05) is 11.6 Å². The van der Waals surface area contributed by atoms with Gasteiger partial charge in [-0.15, -0.1) is 0 Å². The van der Waals surface area contributed by atoms with E-state index in [0.29, 0.717) is 41.6 Å². The van der Waals surface area contributed by atoms with Crippen molar-refractivity contribution in [3.8, 4) is 0 Å². The van der Waals surface area contributed by atoms with E-state index >= 15 is 0 Å². The molecule has 3 heteroatoms. The van der Waals surface area contributed by atoms with Gasteiger partial charge in [0.05, 0.1) is 6.10 Å². The van der Waals surface area contributed by atoms with Gasteiger partial charge in [0.25, 0.3) is 0 Å². The van der Waals surface area contributed by atoms with E-state index in [1.807, 2.05) is 13.8 Å². The number of Topliss-reactive ketones (excluding diaryl/α,β-unsaturated/α-hetero) is 2. The largest absolute Gasteiger partial charge is 0.393 e. The van der Waals surface area contributed by atoms with Crippen molar-refractivity contribution in [3.63, 3.8) is 0 Å². The number of carbonyl (C=O) groups excluding carboxylic acids is 2. The SMILES string of the molecule is CC(C)=CCCC(O)CCC1=C(C)C(=O)C(C)=C(C)C1=O. The lowest BCUT2D eigenvalue weighted by molar-refractivity contribution is -0.116. The van der Waals surface area contributed by atoms with E-state index in [4.69, 9.17) is 0 Å². The van der Waals surface area contributed by atoms with Crippen molar-refractivity contribution in [2.24, 2.45) is 0 Å². The highest BCUT2D eigenvalue weighted by molar-refractivity contribution is 6.24. The van der Waals surface area contributed by atoms with Gasteiger partial charge < -0.3 is 5.11 Å². The summed E-state index contributed by atoms with van der Waals surface area (Å²) in [5.74, 6) is -0.0813. The molecular weight excluding hydrogens is 264 g/mol. The summed E-state index contributed by atoms with van der Waals surface area (Å²) < 4.78 is 0. The van der Waals surface area contributed by atoms with Gasteiger partial charge in [0.2, 0.25) is 0 Å². The molecule has 1 rings (SSSR count). The van der Waals surface area contributed by atoms with Crippen molar-refractivity contribution in [3.05, 3.63) is 33.9 Å². The summed E-state index contributed by atoms with van der Waals surface area (Å²) in [5, 5.41) is 9.99. The smallest absolute Gasteiger partial charge is 0.185 e. The highest BCUT2D eigenvalue weighted by atomic mass is 16.3. The van der Waals surface area contributed by atoms with Crippen LogP contribution in [0.5, 0.6) is 0 Å². The number of hydrogen-bond acceptors (Lipinski definition) is 3. The Balaban J connectivity index is 2.65. The Bertz CT molecular complexity index is 529. The first kappa shape index (κ1) is 17.6. The Kier molecular flexibility index (Phi) is 6.28. The summed E-state index contributed by atoms with van der Waals surface area (Å²) in [4.78, 5) is 24.3. The Hall–Kier alpha value is -1.48. The lowest BCUT2D eigenvalue weighted by Gasteiger charge is -2.19. The summed E-state index contributed by atoms with van der Waals surface area (Å²) >= 11 is 0. The number of aliphatic hydroxyl groups is 1. The van der Waals surface area contributed by atoms with Gasteiger partial charge in [-0.25, -0.2) is 0 Å². The van der Waals surface area contributed by atoms with Crippen LogP contribution in [0.4, 0.5) is 0 Å². The van der Waals surface area contributed by atoms with Gasteiger partial charge in [-0.2, -0.15) is 0 Å². The molecule has 1 unspecified atom stereocenters. The van der Waals surface area contributed by atoms with Gasteiger partial charge in [0.1, 0.15) is 0 Å². The predicted octanol–water partition coefficient (Wildman–Crippen LogP) is 3.68. The molecule has 0 saturated carbocycles. The van der Waals surface area contributed by atoms with Crippen molar-refractivity contribution >= 4 is 11.6 Å². The molecule has 21 heavy (non-hydrogen) atoms. The zero-order chi connectivity index (χ0) is 16.2. The highest BCUT2D eigenvalue weighted by Crippen LogP contribution is 2.27. The monoisotopic (exact) mass is 290 g/mol. The fourth-order valence-corrected chi connectivity index (χ4v) is 2.48. The Morgan fingerprint density at radius 3 is 2.14 bits per heavy atom. The molecule has 3 nitrogen and oxygen atoms in total. The molecule has 0 amide bonds. The van der Waals surface area contributed by atoms with Crippen LogP contribution < -0.4 is 0 Å². The van der Waals surface area contributed by atoms with Crippen LogP contribution in [0.25, 0.3) is 0 Å². The first-order valence-corrected chi connectivity index (χ1v) is 7.53. The van der Waals surface area contributed by atoms with Crippen LogP contribution in [0.15, 0.2) is 33.9 Å².